The van der Waals surface area contributed by atoms with Crippen LogP contribution >= 0.6 is 0 Å². The number of rotatable bonds is 7. The molecule has 20 heavy (non-hydrogen) atoms. The molecule has 2 fully saturated rings. The van der Waals surface area contributed by atoms with E-state index in [4.69, 9.17) is 4.74 Å². The van der Waals surface area contributed by atoms with E-state index in [0.717, 1.165) is 51.9 Å². The van der Waals surface area contributed by atoms with Gasteiger partial charge in [-0.05, 0) is 51.1 Å². The van der Waals surface area contributed by atoms with Gasteiger partial charge in [0.15, 0.2) is 0 Å². The molecule has 3 unspecified atom stereocenters. The third kappa shape index (κ3) is 3.52. The maximum absolute atomic E-state index is 9.64. The molecule has 1 saturated carbocycles. The molecule has 1 N–H and O–H groups in total. The Kier molecular flexibility index (Phi) is 5.83. The number of nitrogens with one attached hydrogen (secondary N) is 1. The molecule has 1 aliphatic carbocycles. The van der Waals surface area contributed by atoms with Crippen molar-refractivity contribution in [2.75, 3.05) is 33.3 Å². The van der Waals surface area contributed by atoms with E-state index in [-0.39, 0.29) is 5.54 Å². The van der Waals surface area contributed by atoms with Crippen LogP contribution < -0.4 is 5.32 Å². The van der Waals surface area contributed by atoms with Crippen LogP contribution in [0.5, 0.6) is 0 Å². The predicted molar refractivity (Wildman–Crippen MR) is 80.4 cm³/mol. The van der Waals surface area contributed by atoms with E-state index < -0.39 is 0 Å². The van der Waals surface area contributed by atoms with Gasteiger partial charge in [0, 0.05) is 20.2 Å². The molecule has 2 rings (SSSR count). The number of hydrogen-bond donors (Lipinski definition) is 1. The van der Waals surface area contributed by atoms with Crippen LogP contribution in [-0.4, -0.2) is 49.8 Å². The highest BCUT2D eigenvalue weighted by Crippen LogP contribution is 2.37. The van der Waals surface area contributed by atoms with Gasteiger partial charge in [0.25, 0.3) is 0 Å². The molecule has 3 atom stereocenters. The van der Waals surface area contributed by atoms with Crippen molar-refractivity contribution in [2.45, 2.75) is 57.1 Å². The fraction of sp³-hybridized carbons (Fsp3) is 0.938. The average molecular weight is 279 g/mol. The number of hydrogen-bond acceptors (Lipinski definition) is 4. The summed E-state index contributed by atoms with van der Waals surface area (Å²) in [5.74, 6) is 0.514. The maximum atomic E-state index is 9.64. The van der Waals surface area contributed by atoms with E-state index in [1.54, 1.807) is 7.11 Å². The molecule has 0 radical (unpaired) electrons. The van der Waals surface area contributed by atoms with Crippen molar-refractivity contribution in [2.24, 2.45) is 5.92 Å². The number of nitriles is 1. The van der Waals surface area contributed by atoms with Gasteiger partial charge < -0.3 is 9.64 Å². The Morgan fingerprint density at radius 1 is 1.45 bits per heavy atom. The van der Waals surface area contributed by atoms with Crippen molar-refractivity contribution < 1.29 is 4.74 Å². The Morgan fingerprint density at radius 2 is 2.30 bits per heavy atom. The Morgan fingerprint density at radius 3 is 2.95 bits per heavy atom. The highest BCUT2D eigenvalue weighted by atomic mass is 16.5. The molecule has 2 aliphatic rings. The Labute approximate surface area is 123 Å². The van der Waals surface area contributed by atoms with Crippen molar-refractivity contribution in [1.82, 2.24) is 10.2 Å². The van der Waals surface area contributed by atoms with Gasteiger partial charge in [-0.15, -0.1) is 0 Å². The quantitative estimate of drug-likeness (QED) is 0.776. The largest absolute Gasteiger partial charge is 0.380 e. The fourth-order valence-corrected chi connectivity index (χ4v) is 3.77. The van der Waals surface area contributed by atoms with Crippen molar-refractivity contribution in [3.8, 4) is 6.07 Å². The lowest BCUT2D eigenvalue weighted by molar-refractivity contribution is 0.106. The second-order valence-electron chi connectivity index (χ2n) is 6.33. The molecule has 0 aromatic rings. The van der Waals surface area contributed by atoms with Gasteiger partial charge in [0.2, 0.25) is 0 Å². The molecule has 0 aromatic heterocycles. The molecule has 1 heterocycles. The van der Waals surface area contributed by atoms with E-state index >= 15 is 0 Å². The molecule has 0 spiro atoms. The predicted octanol–water partition coefficient (Wildman–Crippen LogP) is 2.16. The molecular formula is C16H29N3O. The highest BCUT2D eigenvalue weighted by Gasteiger charge is 2.42. The van der Waals surface area contributed by atoms with Gasteiger partial charge in [0.05, 0.1) is 12.2 Å². The number of ether oxygens (including phenoxy) is 1. The van der Waals surface area contributed by atoms with E-state index in [9.17, 15) is 5.26 Å². The molecule has 114 valence electrons. The van der Waals surface area contributed by atoms with Gasteiger partial charge in [-0.25, -0.2) is 0 Å². The van der Waals surface area contributed by atoms with Crippen molar-refractivity contribution in [3.05, 3.63) is 0 Å². The SMILES string of the molecule is CCCNC1(C#N)CCCC1CCN1CCC(OC)C1. The third-order valence-electron chi connectivity index (χ3n) is 5.07. The minimum atomic E-state index is -0.254. The lowest BCUT2D eigenvalue weighted by atomic mass is 9.85. The molecule has 0 aromatic carbocycles. The summed E-state index contributed by atoms with van der Waals surface area (Å²) in [7, 11) is 1.81. The van der Waals surface area contributed by atoms with Gasteiger partial charge in [-0.2, -0.15) is 5.26 Å². The van der Waals surface area contributed by atoms with Crippen LogP contribution in [0.15, 0.2) is 0 Å². The molecule has 4 heteroatoms. The number of nitrogens with zero attached hydrogens (tertiary/aromatic N) is 2. The summed E-state index contributed by atoms with van der Waals surface area (Å²) in [4.78, 5) is 2.49. The monoisotopic (exact) mass is 279 g/mol. The highest BCUT2D eigenvalue weighted by molar-refractivity contribution is 5.14. The summed E-state index contributed by atoms with van der Waals surface area (Å²) in [5, 5.41) is 13.2. The topological polar surface area (TPSA) is 48.3 Å². The van der Waals surface area contributed by atoms with Crippen molar-refractivity contribution >= 4 is 0 Å². The average Bonchev–Trinajstić information content (AvgIpc) is 3.10. The van der Waals surface area contributed by atoms with E-state index in [0.29, 0.717) is 12.0 Å². The summed E-state index contributed by atoms with van der Waals surface area (Å²) < 4.78 is 5.42. The second kappa shape index (κ2) is 7.40. The first kappa shape index (κ1) is 15.8. The van der Waals surface area contributed by atoms with Gasteiger partial charge in [0.1, 0.15) is 5.54 Å². The summed E-state index contributed by atoms with van der Waals surface area (Å²) in [5.41, 5.74) is -0.254. The fourth-order valence-electron chi connectivity index (χ4n) is 3.77. The Hall–Kier alpha value is -0.630. The Bertz CT molecular complexity index is 341. The number of methoxy groups -OCH3 is 1. The standard InChI is InChI=1S/C16H29N3O/c1-3-9-18-16(13-17)8-4-5-14(16)6-10-19-11-7-15(12-19)20-2/h14-15,18H,3-12H2,1-2H3. The normalized spacial score (nSPS) is 34.5. The zero-order chi connectivity index (χ0) is 14.4. The molecule has 0 amide bonds. The third-order valence-corrected chi connectivity index (χ3v) is 5.07. The molecule has 0 bridgehead atoms. The molecule has 4 nitrogen and oxygen atoms in total. The van der Waals surface area contributed by atoms with Crippen LogP contribution in [0.2, 0.25) is 0 Å². The maximum Gasteiger partial charge on any atom is 0.109 e. The van der Waals surface area contributed by atoms with E-state index in [2.05, 4.69) is 23.2 Å². The van der Waals surface area contributed by atoms with E-state index in [1.807, 2.05) is 0 Å². The minimum Gasteiger partial charge on any atom is -0.380 e. The summed E-state index contributed by atoms with van der Waals surface area (Å²) in [6.07, 6.45) is 7.21. The van der Waals surface area contributed by atoms with Crippen LogP contribution in [0.1, 0.15) is 45.4 Å². The molecule has 1 saturated heterocycles. The van der Waals surface area contributed by atoms with Crippen LogP contribution in [0.25, 0.3) is 0 Å². The van der Waals surface area contributed by atoms with Crippen LogP contribution in [-0.2, 0) is 4.74 Å². The summed E-state index contributed by atoms with van der Waals surface area (Å²) in [6, 6.07) is 2.60. The summed E-state index contributed by atoms with van der Waals surface area (Å²) in [6.45, 7) is 6.44. The van der Waals surface area contributed by atoms with Gasteiger partial charge >= 0.3 is 0 Å². The van der Waals surface area contributed by atoms with E-state index in [1.165, 1.54) is 12.8 Å². The first-order valence-corrected chi connectivity index (χ1v) is 8.15. The van der Waals surface area contributed by atoms with Gasteiger partial charge in [-0.1, -0.05) is 13.3 Å². The van der Waals surface area contributed by atoms with Crippen LogP contribution in [0.4, 0.5) is 0 Å². The smallest absolute Gasteiger partial charge is 0.109 e. The van der Waals surface area contributed by atoms with Crippen LogP contribution in [0, 0.1) is 17.2 Å². The lowest BCUT2D eigenvalue weighted by Gasteiger charge is -2.31. The lowest BCUT2D eigenvalue weighted by Crippen LogP contribution is -2.48. The zero-order valence-corrected chi connectivity index (χ0v) is 13.0. The molecule has 1 aliphatic heterocycles. The second-order valence-corrected chi connectivity index (χ2v) is 6.33. The van der Waals surface area contributed by atoms with Gasteiger partial charge in [-0.3, -0.25) is 5.32 Å². The van der Waals surface area contributed by atoms with Crippen molar-refractivity contribution in [1.29, 1.82) is 5.26 Å². The van der Waals surface area contributed by atoms with Crippen LogP contribution in [0.3, 0.4) is 0 Å². The first-order valence-electron chi connectivity index (χ1n) is 8.15. The minimum absolute atomic E-state index is 0.254. The first-order chi connectivity index (χ1) is 9.74. The Balaban J connectivity index is 1.83. The summed E-state index contributed by atoms with van der Waals surface area (Å²) >= 11 is 0. The number of likely N-dealkylation sites (tertiary alicyclic amines) is 1. The molecular weight excluding hydrogens is 250 g/mol. The zero-order valence-electron chi connectivity index (χ0n) is 13.0. The van der Waals surface area contributed by atoms with Crippen molar-refractivity contribution in [3.63, 3.8) is 0 Å².